The molecule has 0 aliphatic carbocycles. The normalized spacial score (nSPS) is 9.92. The summed E-state index contributed by atoms with van der Waals surface area (Å²) in [6.07, 6.45) is 3.78. The second-order valence-electron chi connectivity index (χ2n) is 2.96. The van der Waals surface area contributed by atoms with Crippen LogP contribution in [0.15, 0.2) is 12.4 Å². The van der Waals surface area contributed by atoms with Gasteiger partial charge in [-0.3, -0.25) is 10.1 Å². The maximum atomic E-state index is 7.36. The molecule has 1 aromatic rings. The molecule has 0 radical (unpaired) electrons. The van der Waals surface area contributed by atoms with Crippen LogP contribution in [0.3, 0.4) is 0 Å². The minimum atomic E-state index is 0.568. The highest BCUT2D eigenvalue weighted by atomic mass is 15.2. The number of rotatable bonds is 2. The molecule has 12 heavy (non-hydrogen) atoms. The number of hydrogen-bond donors (Lipinski definition) is 1. The molecule has 4 nitrogen and oxygen atoms in total. The van der Waals surface area contributed by atoms with Gasteiger partial charge in [0, 0.05) is 32.4 Å². The van der Waals surface area contributed by atoms with Crippen LogP contribution in [-0.4, -0.2) is 27.6 Å². The summed E-state index contributed by atoms with van der Waals surface area (Å²) in [4.78, 5) is 1.87. The van der Waals surface area contributed by atoms with Gasteiger partial charge in [-0.2, -0.15) is 5.10 Å². The monoisotopic (exact) mass is 166 g/mol. The van der Waals surface area contributed by atoms with Crippen molar-refractivity contribution in [1.82, 2.24) is 14.7 Å². The van der Waals surface area contributed by atoms with E-state index >= 15 is 0 Å². The third-order valence-corrected chi connectivity index (χ3v) is 1.75. The molecule has 1 heterocycles. The summed E-state index contributed by atoms with van der Waals surface area (Å²) >= 11 is 0. The fourth-order valence-corrected chi connectivity index (χ4v) is 0.946. The molecule has 0 aliphatic rings. The molecule has 66 valence electrons. The summed E-state index contributed by atoms with van der Waals surface area (Å²) in [5.74, 6) is 0.568. The summed E-state index contributed by atoms with van der Waals surface area (Å²) in [6.45, 7) is 2.53. The maximum absolute atomic E-state index is 7.36. The second kappa shape index (κ2) is 3.38. The zero-order chi connectivity index (χ0) is 9.14. The summed E-state index contributed by atoms with van der Waals surface area (Å²) in [5.41, 5.74) is 1.13. The van der Waals surface area contributed by atoms with Crippen LogP contribution >= 0.6 is 0 Å². The molecule has 0 bridgehead atoms. The molecule has 0 saturated carbocycles. The van der Waals surface area contributed by atoms with Gasteiger partial charge in [-0.05, 0) is 6.92 Å². The lowest BCUT2D eigenvalue weighted by Gasteiger charge is -2.15. The van der Waals surface area contributed by atoms with Crippen molar-refractivity contribution in [2.75, 3.05) is 7.05 Å². The predicted molar refractivity (Wildman–Crippen MR) is 48.1 cm³/mol. The van der Waals surface area contributed by atoms with Crippen molar-refractivity contribution in [3.05, 3.63) is 18.0 Å². The summed E-state index contributed by atoms with van der Waals surface area (Å²) < 4.78 is 1.77. The van der Waals surface area contributed by atoms with Gasteiger partial charge in [-0.25, -0.2) is 0 Å². The Morgan fingerprint density at radius 2 is 2.42 bits per heavy atom. The van der Waals surface area contributed by atoms with Crippen LogP contribution in [0.2, 0.25) is 0 Å². The average Bonchev–Trinajstić information content (AvgIpc) is 2.35. The van der Waals surface area contributed by atoms with E-state index in [0.29, 0.717) is 5.84 Å². The van der Waals surface area contributed by atoms with Crippen LogP contribution in [0.25, 0.3) is 0 Å². The molecule has 1 rings (SSSR count). The van der Waals surface area contributed by atoms with Gasteiger partial charge in [0.25, 0.3) is 0 Å². The van der Waals surface area contributed by atoms with Crippen molar-refractivity contribution in [2.45, 2.75) is 13.5 Å². The van der Waals surface area contributed by atoms with E-state index in [9.17, 15) is 0 Å². The molecule has 0 aromatic carbocycles. The molecule has 1 N–H and O–H groups in total. The van der Waals surface area contributed by atoms with Crippen LogP contribution in [-0.2, 0) is 13.6 Å². The first kappa shape index (κ1) is 8.77. The minimum Gasteiger partial charge on any atom is -0.359 e. The third-order valence-electron chi connectivity index (χ3n) is 1.75. The highest BCUT2D eigenvalue weighted by molar-refractivity contribution is 5.75. The minimum absolute atomic E-state index is 0.568. The Morgan fingerprint density at radius 3 is 2.83 bits per heavy atom. The van der Waals surface area contributed by atoms with E-state index in [1.165, 1.54) is 0 Å². The molecule has 0 fully saturated rings. The number of aromatic nitrogens is 2. The topological polar surface area (TPSA) is 44.9 Å². The van der Waals surface area contributed by atoms with Gasteiger partial charge in [0.15, 0.2) is 0 Å². The summed E-state index contributed by atoms with van der Waals surface area (Å²) in [7, 11) is 3.79. The van der Waals surface area contributed by atoms with Gasteiger partial charge >= 0.3 is 0 Å². The largest absolute Gasteiger partial charge is 0.359 e. The molecule has 0 spiro atoms. The van der Waals surface area contributed by atoms with Crippen molar-refractivity contribution >= 4 is 5.84 Å². The van der Waals surface area contributed by atoms with Gasteiger partial charge in [-0.15, -0.1) is 0 Å². The Bertz CT molecular complexity index is 276. The standard InChI is InChI=1S/C8H14N4/c1-7(9)11(2)5-8-4-10-12(3)6-8/h4,6,9H,5H2,1-3H3. The molecule has 0 amide bonds. The lowest BCUT2D eigenvalue weighted by atomic mass is 10.3. The van der Waals surface area contributed by atoms with Crippen molar-refractivity contribution in [2.24, 2.45) is 7.05 Å². The third kappa shape index (κ3) is 2.08. The van der Waals surface area contributed by atoms with Crippen molar-refractivity contribution in [1.29, 1.82) is 5.41 Å². The fourth-order valence-electron chi connectivity index (χ4n) is 0.946. The van der Waals surface area contributed by atoms with Gasteiger partial charge in [-0.1, -0.05) is 0 Å². The second-order valence-corrected chi connectivity index (χ2v) is 2.96. The Morgan fingerprint density at radius 1 is 1.75 bits per heavy atom. The number of nitrogens with one attached hydrogen (secondary N) is 1. The SMILES string of the molecule is CC(=N)N(C)Cc1cnn(C)c1. The first-order valence-corrected chi connectivity index (χ1v) is 3.83. The highest BCUT2D eigenvalue weighted by Crippen LogP contribution is 2.00. The predicted octanol–water partition coefficient (Wildman–Crippen LogP) is 0.849. The molecule has 4 heteroatoms. The van der Waals surface area contributed by atoms with E-state index in [4.69, 9.17) is 5.41 Å². The summed E-state index contributed by atoms with van der Waals surface area (Å²) in [5, 5.41) is 11.4. The van der Waals surface area contributed by atoms with Crippen LogP contribution in [0.1, 0.15) is 12.5 Å². The smallest absolute Gasteiger partial charge is 0.0926 e. The molecule has 0 saturated heterocycles. The average molecular weight is 166 g/mol. The highest BCUT2D eigenvalue weighted by Gasteiger charge is 2.01. The quantitative estimate of drug-likeness (QED) is 0.523. The van der Waals surface area contributed by atoms with Crippen LogP contribution in [0, 0.1) is 5.41 Å². The van der Waals surface area contributed by atoms with E-state index in [-0.39, 0.29) is 0 Å². The molecular formula is C8H14N4. The van der Waals surface area contributed by atoms with Crippen LogP contribution < -0.4 is 0 Å². The van der Waals surface area contributed by atoms with Gasteiger partial charge in [0.2, 0.25) is 0 Å². The number of aryl methyl sites for hydroxylation is 1. The Kier molecular flexibility index (Phi) is 2.47. The molecular weight excluding hydrogens is 152 g/mol. The van der Waals surface area contributed by atoms with E-state index in [2.05, 4.69) is 5.10 Å². The van der Waals surface area contributed by atoms with E-state index in [0.717, 1.165) is 12.1 Å². The number of nitrogens with zero attached hydrogens (tertiary/aromatic N) is 3. The lowest BCUT2D eigenvalue weighted by molar-refractivity contribution is 0.494. The van der Waals surface area contributed by atoms with Crippen LogP contribution in [0.4, 0.5) is 0 Å². The lowest BCUT2D eigenvalue weighted by Crippen LogP contribution is -2.22. The van der Waals surface area contributed by atoms with Crippen molar-refractivity contribution < 1.29 is 0 Å². The van der Waals surface area contributed by atoms with E-state index < -0.39 is 0 Å². The summed E-state index contributed by atoms with van der Waals surface area (Å²) in [6, 6.07) is 0. The Balaban J connectivity index is 2.58. The fraction of sp³-hybridized carbons (Fsp3) is 0.500. The molecule has 0 unspecified atom stereocenters. The first-order valence-electron chi connectivity index (χ1n) is 3.83. The number of hydrogen-bond acceptors (Lipinski definition) is 2. The molecule has 1 aromatic heterocycles. The molecule has 0 aliphatic heterocycles. The Hall–Kier alpha value is -1.32. The van der Waals surface area contributed by atoms with Gasteiger partial charge in [0.1, 0.15) is 0 Å². The van der Waals surface area contributed by atoms with Gasteiger partial charge in [0.05, 0.1) is 12.0 Å². The zero-order valence-electron chi connectivity index (χ0n) is 7.70. The molecule has 0 atom stereocenters. The van der Waals surface area contributed by atoms with E-state index in [1.807, 2.05) is 31.4 Å². The van der Waals surface area contributed by atoms with Crippen LogP contribution in [0.5, 0.6) is 0 Å². The number of amidine groups is 1. The maximum Gasteiger partial charge on any atom is 0.0926 e. The first-order chi connectivity index (χ1) is 5.59. The Labute approximate surface area is 72.3 Å². The van der Waals surface area contributed by atoms with Gasteiger partial charge < -0.3 is 4.90 Å². The van der Waals surface area contributed by atoms with Crippen molar-refractivity contribution in [3.8, 4) is 0 Å². The van der Waals surface area contributed by atoms with Crippen molar-refractivity contribution in [3.63, 3.8) is 0 Å². The zero-order valence-corrected chi connectivity index (χ0v) is 7.70. The van der Waals surface area contributed by atoms with E-state index in [1.54, 1.807) is 11.6 Å².